The molecule has 5 heteroatoms. The largest absolute Gasteiger partial charge is 0.368 e. The minimum Gasteiger partial charge on any atom is -0.368 e. The molecule has 0 bridgehead atoms. The second kappa shape index (κ2) is 3.53. The molecule has 1 aliphatic rings. The Hall–Kier alpha value is -0.580. The van der Waals surface area contributed by atoms with Crippen molar-refractivity contribution in [2.45, 2.75) is 37.9 Å². The second-order valence-corrected chi connectivity index (χ2v) is 7.04. The fourth-order valence-electron chi connectivity index (χ4n) is 1.33. The van der Waals surface area contributed by atoms with Gasteiger partial charge in [-0.15, -0.1) is 0 Å². The van der Waals surface area contributed by atoms with E-state index in [0.717, 1.165) is 19.3 Å². The summed E-state index contributed by atoms with van der Waals surface area (Å²) in [6, 6.07) is 0. The van der Waals surface area contributed by atoms with E-state index in [9.17, 15) is 13.2 Å². The Morgan fingerprint density at radius 3 is 2.21 bits per heavy atom. The minimum absolute atomic E-state index is 0.100. The minimum atomic E-state index is -3.39. The highest BCUT2D eigenvalue weighted by Gasteiger charge is 2.41. The molecule has 0 atom stereocenters. The third-order valence-electron chi connectivity index (χ3n) is 3.05. The maximum absolute atomic E-state index is 11.8. The smallest absolute Gasteiger partial charge is 0.238 e. The van der Waals surface area contributed by atoms with Crippen molar-refractivity contribution >= 4 is 15.7 Å². The Morgan fingerprint density at radius 2 is 1.93 bits per heavy atom. The highest BCUT2D eigenvalue weighted by Crippen LogP contribution is 2.30. The van der Waals surface area contributed by atoms with E-state index in [1.807, 2.05) is 0 Å². The van der Waals surface area contributed by atoms with Gasteiger partial charge in [-0.25, -0.2) is 8.42 Å². The molecular weight excluding hydrogens is 202 g/mol. The molecule has 0 aliphatic heterocycles. The normalized spacial score (nSPS) is 19.0. The number of rotatable bonds is 4. The molecule has 1 aliphatic carbocycles. The Labute approximate surface area is 84.8 Å². The van der Waals surface area contributed by atoms with Gasteiger partial charge in [-0.2, -0.15) is 0 Å². The monoisotopic (exact) mass is 219 g/mol. The van der Waals surface area contributed by atoms with Gasteiger partial charge in [0.1, 0.15) is 4.75 Å². The second-order valence-electron chi connectivity index (χ2n) is 4.45. The van der Waals surface area contributed by atoms with Gasteiger partial charge in [0.25, 0.3) is 0 Å². The van der Waals surface area contributed by atoms with Gasteiger partial charge in [0.15, 0.2) is 9.84 Å². The first-order valence-corrected chi connectivity index (χ1v) is 6.45. The zero-order valence-electron chi connectivity index (χ0n) is 8.62. The first-order chi connectivity index (χ1) is 6.27. The lowest BCUT2D eigenvalue weighted by atomic mass is 9.87. The molecule has 14 heavy (non-hydrogen) atoms. The highest BCUT2D eigenvalue weighted by molar-refractivity contribution is 7.93. The van der Waals surface area contributed by atoms with Crippen molar-refractivity contribution in [3.05, 3.63) is 0 Å². The number of carbonyl (C=O) groups excluding carboxylic acids is 1. The maximum Gasteiger partial charge on any atom is 0.238 e. The molecule has 0 heterocycles. The van der Waals surface area contributed by atoms with Gasteiger partial charge in [0.2, 0.25) is 5.91 Å². The van der Waals surface area contributed by atoms with Crippen LogP contribution in [0.15, 0.2) is 0 Å². The summed E-state index contributed by atoms with van der Waals surface area (Å²) in [6.07, 6.45) is 3.00. The third kappa shape index (κ3) is 1.92. The van der Waals surface area contributed by atoms with E-state index in [2.05, 4.69) is 0 Å². The van der Waals surface area contributed by atoms with E-state index in [1.165, 1.54) is 13.8 Å². The van der Waals surface area contributed by atoms with E-state index in [4.69, 9.17) is 5.73 Å². The molecule has 4 nitrogen and oxygen atoms in total. The van der Waals surface area contributed by atoms with E-state index in [1.54, 1.807) is 0 Å². The molecule has 2 N–H and O–H groups in total. The molecule has 0 spiro atoms. The zero-order chi connectivity index (χ0) is 11.0. The van der Waals surface area contributed by atoms with Crippen molar-refractivity contribution in [3.63, 3.8) is 0 Å². The molecule has 0 aromatic rings. The summed E-state index contributed by atoms with van der Waals surface area (Å²) in [5, 5.41) is 0. The van der Waals surface area contributed by atoms with Crippen molar-refractivity contribution in [2.75, 3.05) is 5.75 Å². The molecular formula is C9H17NO3S. The molecule has 0 saturated heterocycles. The molecule has 0 unspecified atom stereocenters. The Bertz CT molecular complexity index is 328. The summed E-state index contributed by atoms with van der Waals surface area (Å²) in [6.45, 7) is 2.76. The Morgan fingerprint density at radius 1 is 1.43 bits per heavy atom. The van der Waals surface area contributed by atoms with Gasteiger partial charge in [-0.3, -0.25) is 4.79 Å². The number of amides is 1. The number of hydrogen-bond acceptors (Lipinski definition) is 3. The fourth-order valence-corrected chi connectivity index (χ4v) is 3.01. The van der Waals surface area contributed by atoms with Crippen LogP contribution in [0.3, 0.4) is 0 Å². The zero-order valence-corrected chi connectivity index (χ0v) is 9.43. The maximum atomic E-state index is 11.8. The van der Waals surface area contributed by atoms with Crippen LogP contribution >= 0.6 is 0 Å². The van der Waals surface area contributed by atoms with Crippen LogP contribution in [0.5, 0.6) is 0 Å². The Balaban J connectivity index is 2.77. The number of sulfone groups is 1. The van der Waals surface area contributed by atoms with Crippen molar-refractivity contribution < 1.29 is 13.2 Å². The highest BCUT2D eigenvalue weighted by atomic mass is 32.2. The van der Waals surface area contributed by atoms with Gasteiger partial charge < -0.3 is 5.73 Å². The lowest BCUT2D eigenvalue weighted by Gasteiger charge is -2.29. The molecule has 1 saturated carbocycles. The topological polar surface area (TPSA) is 77.2 Å². The summed E-state index contributed by atoms with van der Waals surface area (Å²) < 4.78 is 22.2. The van der Waals surface area contributed by atoms with E-state index in [-0.39, 0.29) is 11.7 Å². The molecule has 1 rings (SSSR count). The van der Waals surface area contributed by atoms with Crippen molar-refractivity contribution in [3.8, 4) is 0 Å². The first-order valence-electron chi connectivity index (χ1n) is 4.79. The Kier molecular flexibility index (Phi) is 2.90. The van der Waals surface area contributed by atoms with E-state index in [0.29, 0.717) is 0 Å². The van der Waals surface area contributed by atoms with Crippen LogP contribution in [0, 0.1) is 5.92 Å². The summed E-state index contributed by atoms with van der Waals surface area (Å²) in [7, 11) is -3.39. The standard InChI is InChI=1S/C9H17NO3S/c1-9(2,8(10)11)14(12,13)6-7-4-3-5-7/h7H,3-6H2,1-2H3,(H2,10,11). The third-order valence-corrected chi connectivity index (χ3v) is 5.72. The summed E-state index contributed by atoms with van der Waals surface area (Å²) in [4.78, 5) is 11.0. The van der Waals surface area contributed by atoms with Crippen LogP contribution in [-0.2, 0) is 14.6 Å². The van der Waals surface area contributed by atoms with Crippen LogP contribution in [0.1, 0.15) is 33.1 Å². The lowest BCUT2D eigenvalue weighted by Crippen LogP contribution is -2.47. The van der Waals surface area contributed by atoms with Crippen molar-refractivity contribution in [1.82, 2.24) is 0 Å². The van der Waals surface area contributed by atoms with Gasteiger partial charge >= 0.3 is 0 Å². The van der Waals surface area contributed by atoms with Crippen LogP contribution in [0.4, 0.5) is 0 Å². The summed E-state index contributed by atoms with van der Waals surface area (Å²) in [5.74, 6) is -0.432. The van der Waals surface area contributed by atoms with Crippen LogP contribution in [-0.4, -0.2) is 24.8 Å². The first kappa shape index (κ1) is 11.5. The van der Waals surface area contributed by atoms with E-state index < -0.39 is 20.5 Å². The van der Waals surface area contributed by atoms with Gasteiger partial charge in [-0.1, -0.05) is 6.42 Å². The van der Waals surface area contributed by atoms with Crippen molar-refractivity contribution in [1.29, 1.82) is 0 Å². The average Bonchev–Trinajstić information content (AvgIpc) is 1.96. The van der Waals surface area contributed by atoms with Crippen LogP contribution in [0.25, 0.3) is 0 Å². The predicted octanol–water partition coefficient (Wildman–Crippen LogP) is 0.465. The number of nitrogens with two attached hydrogens (primary N) is 1. The van der Waals surface area contributed by atoms with Crippen molar-refractivity contribution in [2.24, 2.45) is 11.7 Å². The number of hydrogen-bond donors (Lipinski definition) is 1. The molecule has 1 amide bonds. The van der Waals surface area contributed by atoms with Gasteiger partial charge in [-0.05, 0) is 32.6 Å². The fraction of sp³-hybridized carbons (Fsp3) is 0.889. The van der Waals surface area contributed by atoms with E-state index >= 15 is 0 Å². The molecule has 82 valence electrons. The quantitative estimate of drug-likeness (QED) is 0.746. The average molecular weight is 219 g/mol. The SMILES string of the molecule is CC(C)(C(N)=O)S(=O)(=O)CC1CCC1. The molecule has 0 radical (unpaired) electrons. The molecule has 1 fully saturated rings. The molecule has 0 aromatic heterocycles. The van der Waals surface area contributed by atoms with Gasteiger partial charge in [0.05, 0.1) is 5.75 Å². The lowest BCUT2D eigenvalue weighted by molar-refractivity contribution is -0.119. The van der Waals surface area contributed by atoms with Crippen LogP contribution in [0.2, 0.25) is 0 Å². The predicted molar refractivity (Wildman–Crippen MR) is 54.4 cm³/mol. The number of primary amides is 1. The van der Waals surface area contributed by atoms with Crippen LogP contribution < -0.4 is 5.73 Å². The van der Waals surface area contributed by atoms with Gasteiger partial charge in [0, 0.05) is 0 Å². The summed E-state index contributed by atoms with van der Waals surface area (Å²) >= 11 is 0. The summed E-state index contributed by atoms with van der Waals surface area (Å²) in [5.41, 5.74) is 5.07. The number of carbonyl (C=O) groups is 1. The molecule has 0 aromatic carbocycles.